The lowest BCUT2D eigenvalue weighted by atomic mass is 9.81. The van der Waals surface area contributed by atoms with Crippen molar-refractivity contribution >= 4 is 22.8 Å². The number of hydrogen-bond acceptors (Lipinski definition) is 6. The number of piperidine rings is 1. The molecule has 3 aromatic rings. The van der Waals surface area contributed by atoms with Gasteiger partial charge in [0, 0.05) is 31.3 Å². The van der Waals surface area contributed by atoms with Crippen molar-refractivity contribution in [1.29, 1.82) is 0 Å². The Morgan fingerprint density at radius 2 is 1.92 bits per heavy atom. The van der Waals surface area contributed by atoms with Crippen LogP contribution in [0.4, 0.5) is 4.39 Å². The number of carbonyl (C=O) groups excluding carboxylic acids is 2. The summed E-state index contributed by atoms with van der Waals surface area (Å²) in [4.78, 5) is 39.6. The third kappa shape index (κ3) is 6.04. The molecule has 39 heavy (non-hydrogen) atoms. The van der Waals surface area contributed by atoms with Crippen molar-refractivity contribution in [2.24, 2.45) is 4.99 Å². The molecule has 0 radical (unpaired) electrons. The monoisotopic (exact) mass is 538 g/mol. The fourth-order valence-electron chi connectivity index (χ4n) is 5.56. The number of rotatable bonds is 7. The standard InChI is InChI=1S/C28H35FN6O4/c1-30-26(37)28(38)11-9-21(10-12-28)35-23-17-24(39-16-15-34-13-3-2-4-14-34)31-18-22(23)32-27(35)33-25(36)19-5-7-20(29)8-6-19/h5-8,17-18,21,38H,2-4,9-16H2,1H3,(H,30,37)(H,32,33,36)/t21-,28-. The molecule has 2 aromatic heterocycles. The molecular weight excluding hydrogens is 503 g/mol. The number of ether oxygens (including phenoxy) is 1. The number of carbonyl (C=O) groups is 2. The number of benzene rings is 1. The lowest BCUT2D eigenvalue weighted by Crippen LogP contribution is -2.48. The van der Waals surface area contributed by atoms with Gasteiger partial charge in [-0.05, 0) is 75.9 Å². The van der Waals surface area contributed by atoms with Crippen LogP contribution in [0.3, 0.4) is 0 Å². The van der Waals surface area contributed by atoms with E-state index in [0.717, 1.165) is 25.2 Å². The molecule has 1 saturated carbocycles. The van der Waals surface area contributed by atoms with Crippen LogP contribution < -0.4 is 15.7 Å². The van der Waals surface area contributed by atoms with Crippen LogP contribution in [0.5, 0.6) is 5.88 Å². The fraction of sp³-hybridized carbons (Fsp3) is 0.500. The lowest BCUT2D eigenvalue weighted by Gasteiger charge is -2.35. The number of aromatic nitrogens is 3. The summed E-state index contributed by atoms with van der Waals surface area (Å²) in [5.74, 6) is -0.868. The first-order chi connectivity index (χ1) is 18.9. The van der Waals surface area contributed by atoms with E-state index in [1.165, 1.54) is 50.6 Å². The molecular formula is C28H35FN6O4. The van der Waals surface area contributed by atoms with Crippen molar-refractivity contribution < 1.29 is 23.8 Å². The molecule has 3 N–H and O–H groups in total. The maximum Gasteiger partial charge on any atom is 0.280 e. The highest BCUT2D eigenvalue weighted by Gasteiger charge is 2.40. The second-order valence-electron chi connectivity index (χ2n) is 10.4. The van der Waals surface area contributed by atoms with Crippen molar-refractivity contribution in [1.82, 2.24) is 24.8 Å². The van der Waals surface area contributed by atoms with E-state index in [2.05, 4.69) is 25.2 Å². The van der Waals surface area contributed by atoms with Crippen LogP contribution in [0.25, 0.3) is 11.0 Å². The van der Waals surface area contributed by atoms with E-state index in [0.29, 0.717) is 36.5 Å². The van der Waals surface area contributed by atoms with Gasteiger partial charge in [-0.25, -0.2) is 9.37 Å². The van der Waals surface area contributed by atoms with E-state index in [1.54, 1.807) is 6.20 Å². The molecule has 0 unspecified atom stereocenters. The number of H-pyrrole nitrogens is 1. The maximum absolute atomic E-state index is 13.4. The van der Waals surface area contributed by atoms with Crippen LogP contribution in [0, 0.1) is 5.82 Å². The fourth-order valence-corrected chi connectivity index (χ4v) is 5.56. The van der Waals surface area contributed by atoms with Crippen LogP contribution >= 0.6 is 0 Å². The normalized spacial score (nSPS) is 22.6. The van der Waals surface area contributed by atoms with Crippen molar-refractivity contribution in [3.8, 4) is 5.88 Å². The van der Waals surface area contributed by atoms with Gasteiger partial charge in [0.15, 0.2) is 0 Å². The van der Waals surface area contributed by atoms with Gasteiger partial charge in [-0.2, -0.15) is 4.99 Å². The van der Waals surface area contributed by atoms with E-state index in [4.69, 9.17) is 4.74 Å². The number of fused-ring (bicyclic) bond motifs is 1. The molecule has 3 heterocycles. The van der Waals surface area contributed by atoms with Crippen molar-refractivity contribution in [3.63, 3.8) is 0 Å². The summed E-state index contributed by atoms with van der Waals surface area (Å²) in [6, 6.07) is 6.94. The number of likely N-dealkylation sites (tertiary alicyclic amines) is 1. The number of amides is 2. The zero-order valence-corrected chi connectivity index (χ0v) is 22.2. The molecule has 2 amide bonds. The van der Waals surface area contributed by atoms with Gasteiger partial charge in [0.05, 0.1) is 17.2 Å². The van der Waals surface area contributed by atoms with Gasteiger partial charge in [0.25, 0.3) is 11.8 Å². The second kappa shape index (κ2) is 11.7. The summed E-state index contributed by atoms with van der Waals surface area (Å²) in [7, 11) is 1.51. The molecule has 10 nitrogen and oxygen atoms in total. The average Bonchev–Trinajstić information content (AvgIpc) is 3.31. The molecule has 1 aliphatic carbocycles. The molecule has 2 aliphatic rings. The molecule has 11 heteroatoms. The first kappa shape index (κ1) is 27.0. The minimum Gasteiger partial charge on any atom is -0.476 e. The number of hydrogen-bond donors (Lipinski definition) is 3. The topological polar surface area (TPSA) is 125 Å². The number of aliphatic hydroxyl groups is 1. The Morgan fingerprint density at radius 1 is 1.21 bits per heavy atom. The van der Waals surface area contributed by atoms with Gasteiger partial charge in [0.2, 0.25) is 11.5 Å². The van der Waals surface area contributed by atoms with E-state index in [1.807, 2.05) is 10.6 Å². The largest absolute Gasteiger partial charge is 0.476 e. The first-order valence-electron chi connectivity index (χ1n) is 13.6. The minimum atomic E-state index is -1.43. The number of nitrogens with zero attached hydrogens (tertiary/aromatic N) is 4. The van der Waals surface area contributed by atoms with Crippen LogP contribution in [0.2, 0.25) is 0 Å². The quantitative estimate of drug-likeness (QED) is 0.425. The van der Waals surface area contributed by atoms with Gasteiger partial charge in [-0.15, -0.1) is 0 Å². The Labute approximate surface area is 225 Å². The molecule has 5 rings (SSSR count). The molecule has 0 bridgehead atoms. The third-order valence-electron chi connectivity index (χ3n) is 7.79. The van der Waals surface area contributed by atoms with Crippen LogP contribution in [-0.2, 0) is 4.79 Å². The summed E-state index contributed by atoms with van der Waals surface area (Å²) in [6.45, 7) is 3.53. The molecule has 1 aromatic carbocycles. The highest BCUT2D eigenvalue weighted by Crippen LogP contribution is 2.36. The van der Waals surface area contributed by atoms with Crippen LogP contribution in [0.15, 0.2) is 41.5 Å². The first-order valence-corrected chi connectivity index (χ1v) is 13.6. The Balaban J connectivity index is 1.45. The Bertz CT molecular complexity index is 1390. The van der Waals surface area contributed by atoms with Gasteiger partial charge >= 0.3 is 0 Å². The number of likely N-dealkylation sites (N-methyl/N-ethyl adjacent to an activating group) is 1. The minimum absolute atomic E-state index is 0.132. The highest BCUT2D eigenvalue weighted by molar-refractivity contribution is 5.95. The second-order valence-corrected chi connectivity index (χ2v) is 10.4. The van der Waals surface area contributed by atoms with Crippen molar-refractivity contribution in [2.45, 2.75) is 56.6 Å². The predicted molar refractivity (Wildman–Crippen MR) is 143 cm³/mol. The summed E-state index contributed by atoms with van der Waals surface area (Å²) < 4.78 is 21.3. The zero-order valence-electron chi connectivity index (χ0n) is 22.2. The molecule has 2 fully saturated rings. The van der Waals surface area contributed by atoms with Gasteiger partial charge in [0.1, 0.15) is 18.0 Å². The van der Waals surface area contributed by atoms with Gasteiger partial charge in [-0.1, -0.05) is 6.42 Å². The van der Waals surface area contributed by atoms with E-state index < -0.39 is 23.2 Å². The number of pyridine rings is 1. The van der Waals surface area contributed by atoms with Crippen LogP contribution in [-0.4, -0.2) is 75.2 Å². The Kier molecular flexibility index (Phi) is 8.08. The molecule has 0 spiro atoms. The number of halogens is 1. The molecule has 1 saturated heterocycles. The number of nitrogens with one attached hydrogen (secondary N) is 2. The van der Waals surface area contributed by atoms with E-state index in [9.17, 15) is 19.1 Å². The van der Waals surface area contributed by atoms with Gasteiger partial charge < -0.3 is 24.7 Å². The van der Waals surface area contributed by atoms with E-state index >= 15 is 0 Å². The molecule has 208 valence electrons. The SMILES string of the molecule is CNC(=O)[C@]1(O)CC[C@H](n2/c(=N/C(=O)c3ccc(F)cc3)[nH]c3cnc(OCCN4CCCCC4)cc32)CC1. The van der Waals surface area contributed by atoms with Gasteiger partial charge in [-0.3, -0.25) is 14.5 Å². The maximum atomic E-state index is 13.4. The van der Waals surface area contributed by atoms with E-state index in [-0.39, 0.29) is 24.4 Å². The lowest BCUT2D eigenvalue weighted by molar-refractivity contribution is -0.143. The number of imidazole rings is 1. The highest BCUT2D eigenvalue weighted by atomic mass is 19.1. The Morgan fingerprint density at radius 3 is 2.62 bits per heavy atom. The molecule has 1 aliphatic heterocycles. The summed E-state index contributed by atoms with van der Waals surface area (Å²) >= 11 is 0. The summed E-state index contributed by atoms with van der Waals surface area (Å²) in [6.07, 6.45) is 6.92. The Hall–Kier alpha value is -3.57. The third-order valence-corrected chi connectivity index (χ3v) is 7.79. The van der Waals surface area contributed by atoms with Crippen molar-refractivity contribution in [3.05, 3.63) is 53.5 Å². The summed E-state index contributed by atoms with van der Waals surface area (Å²) in [5.41, 5.74) is 0.597. The molecule has 0 atom stereocenters. The van der Waals surface area contributed by atoms with Crippen LogP contribution in [0.1, 0.15) is 61.3 Å². The predicted octanol–water partition coefficient (Wildman–Crippen LogP) is 2.70. The van der Waals surface area contributed by atoms with Crippen molar-refractivity contribution in [2.75, 3.05) is 33.3 Å². The average molecular weight is 539 g/mol. The zero-order chi connectivity index (χ0) is 27.4. The summed E-state index contributed by atoms with van der Waals surface area (Å²) in [5, 5.41) is 13.4. The smallest absolute Gasteiger partial charge is 0.280 e. The number of aromatic amines is 1.